The van der Waals surface area contributed by atoms with Gasteiger partial charge < -0.3 is 5.32 Å². The molecular formula is C14H32N2O2S. The molecule has 0 aromatic carbocycles. The third-order valence-corrected chi connectivity index (χ3v) is 5.05. The van der Waals surface area contributed by atoms with E-state index in [0.717, 1.165) is 25.9 Å². The molecule has 0 spiro atoms. The van der Waals surface area contributed by atoms with Crippen LogP contribution in [-0.2, 0) is 10.0 Å². The molecule has 0 bridgehead atoms. The van der Waals surface area contributed by atoms with Crippen molar-refractivity contribution in [2.24, 2.45) is 0 Å². The molecule has 2 N–H and O–H groups in total. The molecule has 5 heteroatoms. The molecule has 0 heterocycles. The highest BCUT2D eigenvalue weighted by Crippen LogP contribution is 2.07. The zero-order valence-corrected chi connectivity index (χ0v) is 13.7. The molecule has 0 aliphatic rings. The van der Waals surface area contributed by atoms with Gasteiger partial charge in [0.1, 0.15) is 0 Å². The van der Waals surface area contributed by atoms with Crippen molar-refractivity contribution < 1.29 is 8.42 Å². The minimum atomic E-state index is -3.07. The van der Waals surface area contributed by atoms with Crippen molar-refractivity contribution in [1.29, 1.82) is 0 Å². The van der Waals surface area contributed by atoms with Crippen molar-refractivity contribution in [3.63, 3.8) is 0 Å². The predicted molar refractivity (Wildman–Crippen MR) is 82.9 cm³/mol. The monoisotopic (exact) mass is 292 g/mol. The van der Waals surface area contributed by atoms with E-state index >= 15 is 0 Å². The molecule has 0 aliphatic carbocycles. The molecule has 0 atom stereocenters. The third-order valence-electron chi connectivity index (χ3n) is 3.20. The normalized spacial score (nSPS) is 12.2. The lowest BCUT2D eigenvalue weighted by Gasteiger charge is -2.09. The van der Waals surface area contributed by atoms with Crippen molar-refractivity contribution in [2.45, 2.75) is 71.0 Å². The van der Waals surface area contributed by atoms with E-state index in [1.165, 1.54) is 32.1 Å². The Bertz CT molecular complexity index is 290. The minimum absolute atomic E-state index is 0.329. The number of rotatable bonds is 13. The Kier molecular flexibility index (Phi) is 11.6. The topological polar surface area (TPSA) is 58.2 Å². The summed E-state index contributed by atoms with van der Waals surface area (Å²) in [6.07, 6.45) is 8.41. The van der Waals surface area contributed by atoms with Gasteiger partial charge in [-0.2, -0.15) is 0 Å². The van der Waals surface area contributed by atoms with Gasteiger partial charge in [-0.25, -0.2) is 13.1 Å². The van der Waals surface area contributed by atoms with Crippen LogP contribution in [0.2, 0.25) is 0 Å². The first-order chi connectivity index (χ1) is 9.00. The molecular weight excluding hydrogens is 260 g/mol. The summed E-state index contributed by atoms with van der Waals surface area (Å²) >= 11 is 0. The van der Waals surface area contributed by atoms with Gasteiger partial charge in [-0.05, 0) is 39.8 Å². The van der Waals surface area contributed by atoms with Gasteiger partial charge in [0.15, 0.2) is 0 Å². The fourth-order valence-electron chi connectivity index (χ4n) is 1.82. The van der Waals surface area contributed by atoms with Gasteiger partial charge in [0.25, 0.3) is 0 Å². The van der Waals surface area contributed by atoms with Crippen molar-refractivity contribution in [3.8, 4) is 0 Å². The van der Waals surface area contributed by atoms with Crippen LogP contribution in [-0.4, -0.2) is 33.3 Å². The molecule has 0 saturated carbocycles. The second-order valence-electron chi connectivity index (χ2n) is 5.32. The molecule has 19 heavy (non-hydrogen) atoms. The third kappa shape index (κ3) is 11.4. The van der Waals surface area contributed by atoms with Gasteiger partial charge in [-0.1, -0.05) is 39.0 Å². The van der Waals surface area contributed by atoms with E-state index in [4.69, 9.17) is 0 Å². The molecule has 0 fully saturated rings. The highest BCUT2D eigenvalue weighted by Gasteiger charge is 2.13. The molecule has 0 rings (SSSR count). The molecule has 116 valence electrons. The Morgan fingerprint density at radius 2 is 1.32 bits per heavy atom. The summed E-state index contributed by atoms with van der Waals surface area (Å²) in [5.74, 6) is 0. The maximum absolute atomic E-state index is 11.5. The molecule has 0 saturated heterocycles. The lowest BCUT2D eigenvalue weighted by molar-refractivity contribution is 0.549. The number of sulfonamides is 1. The maximum atomic E-state index is 11.5. The van der Waals surface area contributed by atoms with Crippen LogP contribution in [0.4, 0.5) is 0 Å². The highest BCUT2D eigenvalue weighted by atomic mass is 32.2. The van der Waals surface area contributed by atoms with Crippen LogP contribution in [0.25, 0.3) is 0 Å². The Morgan fingerprint density at radius 3 is 1.79 bits per heavy atom. The molecule has 4 nitrogen and oxygen atoms in total. The van der Waals surface area contributed by atoms with Gasteiger partial charge in [0.2, 0.25) is 10.0 Å². The maximum Gasteiger partial charge on any atom is 0.213 e. The lowest BCUT2D eigenvalue weighted by atomic mass is 10.1. The average molecular weight is 292 g/mol. The van der Waals surface area contributed by atoms with Crippen molar-refractivity contribution in [2.75, 3.05) is 19.6 Å². The Balaban J connectivity index is 3.24. The van der Waals surface area contributed by atoms with E-state index in [2.05, 4.69) is 17.0 Å². The minimum Gasteiger partial charge on any atom is -0.317 e. The number of unbranched alkanes of at least 4 members (excludes halogenated alkanes) is 6. The van der Waals surface area contributed by atoms with Crippen molar-refractivity contribution in [1.82, 2.24) is 10.0 Å². The zero-order valence-electron chi connectivity index (χ0n) is 12.9. The summed E-state index contributed by atoms with van der Waals surface area (Å²) in [6, 6.07) is 0. The van der Waals surface area contributed by atoms with Crippen molar-refractivity contribution in [3.05, 3.63) is 0 Å². The quantitative estimate of drug-likeness (QED) is 0.513. The van der Waals surface area contributed by atoms with Gasteiger partial charge in [-0.3, -0.25) is 0 Å². The van der Waals surface area contributed by atoms with E-state index in [1.807, 2.05) is 0 Å². The van der Waals surface area contributed by atoms with Gasteiger partial charge >= 0.3 is 0 Å². The van der Waals surface area contributed by atoms with Crippen LogP contribution in [0.3, 0.4) is 0 Å². The fourth-order valence-corrected chi connectivity index (χ4v) is 2.58. The Morgan fingerprint density at radius 1 is 0.842 bits per heavy atom. The van der Waals surface area contributed by atoms with E-state index in [1.54, 1.807) is 13.8 Å². The molecule has 0 radical (unpaired) electrons. The molecule has 0 amide bonds. The number of hydrogen-bond donors (Lipinski definition) is 2. The van der Waals surface area contributed by atoms with Crippen molar-refractivity contribution >= 4 is 10.0 Å². The summed E-state index contributed by atoms with van der Waals surface area (Å²) < 4.78 is 25.6. The first kappa shape index (κ1) is 18.9. The van der Waals surface area contributed by atoms with E-state index in [0.29, 0.717) is 6.54 Å². The largest absolute Gasteiger partial charge is 0.317 e. The molecule has 0 aromatic heterocycles. The summed E-state index contributed by atoms with van der Waals surface area (Å²) in [6.45, 7) is 8.32. The lowest BCUT2D eigenvalue weighted by Crippen LogP contribution is -2.31. The van der Waals surface area contributed by atoms with Gasteiger partial charge in [-0.15, -0.1) is 0 Å². The van der Waals surface area contributed by atoms with Gasteiger partial charge in [0.05, 0.1) is 5.25 Å². The standard InChI is InChI=1S/C14H32N2O2S/c1-4-15-12-10-8-6-5-7-9-11-13-16-19(17,18)14(2)3/h14-16H,4-13H2,1-3H3. The number of hydrogen-bond acceptors (Lipinski definition) is 3. The average Bonchev–Trinajstić information content (AvgIpc) is 2.35. The predicted octanol–water partition coefficient (Wildman–Crippen LogP) is 2.65. The fraction of sp³-hybridized carbons (Fsp3) is 1.00. The van der Waals surface area contributed by atoms with Crippen LogP contribution in [0, 0.1) is 0 Å². The van der Waals surface area contributed by atoms with Crippen LogP contribution < -0.4 is 10.0 Å². The summed E-state index contributed by atoms with van der Waals surface area (Å²) in [5, 5.41) is 3.00. The number of nitrogens with one attached hydrogen (secondary N) is 2. The van der Waals surface area contributed by atoms with E-state index in [-0.39, 0.29) is 5.25 Å². The zero-order chi connectivity index (χ0) is 14.6. The van der Waals surface area contributed by atoms with Crippen LogP contribution >= 0.6 is 0 Å². The Hall–Kier alpha value is -0.130. The van der Waals surface area contributed by atoms with Crippen LogP contribution in [0.1, 0.15) is 65.7 Å². The second kappa shape index (κ2) is 11.7. The van der Waals surface area contributed by atoms with Gasteiger partial charge in [0, 0.05) is 6.54 Å². The SMILES string of the molecule is CCNCCCCCCCCCNS(=O)(=O)C(C)C. The van der Waals surface area contributed by atoms with Crippen LogP contribution in [0.15, 0.2) is 0 Å². The van der Waals surface area contributed by atoms with Crippen LogP contribution in [0.5, 0.6) is 0 Å². The highest BCUT2D eigenvalue weighted by molar-refractivity contribution is 7.90. The summed E-state index contributed by atoms with van der Waals surface area (Å²) in [5.41, 5.74) is 0. The molecule has 0 unspecified atom stereocenters. The second-order valence-corrected chi connectivity index (χ2v) is 7.64. The smallest absolute Gasteiger partial charge is 0.213 e. The Labute approximate surface area is 119 Å². The van der Waals surface area contributed by atoms with E-state index in [9.17, 15) is 8.42 Å². The molecule has 0 aliphatic heterocycles. The first-order valence-corrected chi connectivity index (χ1v) is 9.24. The molecule has 0 aromatic rings. The summed E-state index contributed by atoms with van der Waals surface area (Å²) in [7, 11) is -3.07. The first-order valence-electron chi connectivity index (χ1n) is 7.70. The van der Waals surface area contributed by atoms with E-state index < -0.39 is 10.0 Å². The summed E-state index contributed by atoms with van der Waals surface area (Å²) in [4.78, 5) is 0.